The summed E-state index contributed by atoms with van der Waals surface area (Å²) in [5.74, 6) is 3.69. The van der Waals surface area contributed by atoms with Gasteiger partial charge in [-0.2, -0.15) is 0 Å². The van der Waals surface area contributed by atoms with Gasteiger partial charge >= 0.3 is 0 Å². The number of ketones is 1. The summed E-state index contributed by atoms with van der Waals surface area (Å²) < 4.78 is 18.9. The monoisotopic (exact) mass is 935 g/mol. The number of hydrogen-bond acceptors (Lipinski definition) is 11. The van der Waals surface area contributed by atoms with Crippen LogP contribution in [0.15, 0.2) is 47.5 Å². The van der Waals surface area contributed by atoms with Crippen LogP contribution in [0, 0.1) is 23.2 Å². The molecule has 2 aromatic carbocycles. The minimum absolute atomic E-state index is 0.0540. The Bertz CT molecular complexity index is 1940. The first kappa shape index (κ1) is 49.8. The predicted molar refractivity (Wildman–Crippen MR) is 266 cm³/mol. The number of carbonyl (C=O) groups is 1. The fourth-order valence-corrected chi connectivity index (χ4v) is 14.5. The van der Waals surface area contributed by atoms with E-state index in [1.54, 1.807) is 41.8 Å². The molecule has 6 atom stereocenters. The van der Waals surface area contributed by atoms with E-state index in [0.29, 0.717) is 48.4 Å². The summed E-state index contributed by atoms with van der Waals surface area (Å²) >= 11 is 0. The first-order valence-corrected chi connectivity index (χ1v) is 27.4. The summed E-state index contributed by atoms with van der Waals surface area (Å²) in [5, 5.41) is 44.2. The molecule has 4 saturated carbocycles. The van der Waals surface area contributed by atoms with E-state index in [-0.39, 0.29) is 46.6 Å². The summed E-state index contributed by atoms with van der Waals surface area (Å²) in [6, 6.07) is 9.76. The molecule has 0 amide bonds. The molecule has 65 heavy (non-hydrogen) atoms. The van der Waals surface area contributed by atoms with Crippen LogP contribution in [0.25, 0.3) is 0 Å². The Morgan fingerprint density at radius 2 is 1.77 bits per heavy atom. The number of ether oxygens (including phenoxy) is 3. The van der Waals surface area contributed by atoms with Gasteiger partial charge in [-0.05, 0) is 137 Å². The van der Waals surface area contributed by atoms with Crippen molar-refractivity contribution in [2.24, 2.45) is 28.2 Å². The number of carbonyl (C=O) groups excluding carboxylic acids is 1. The minimum atomic E-state index is -0.793. The summed E-state index contributed by atoms with van der Waals surface area (Å²) in [5.41, 5.74) is 1.21. The van der Waals surface area contributed by atoms with E-state index in [1.807, 2.05) is 25.3 Å². The van der Waals surface area contributed by atoms with Gasteiger partial charge in [0.15, 0.2) is 41.0 Å². The van der Waals surface area contributed by atoms with E-state index < -0.39 is 17.3 Å². The standard InChI is InChI=1S/C52H78N4O7S2/c1-5-6-8-14-38-19-21-46(58)52(32-36-18-20-43(57)44(27-36)61-4)25-13-15-39(52)33-64-65-35-55-49(54-3)56-42-29-40(51(38)23-11-12-24-51)30-45(48(42)60)63-50(34-53-2)26-22-37(31-50)28-47(59)62-41-16-9-7-10-17-41/h18-21,27,29-30,37-39,41,47,53,57,59-60H,5-17,22-26,28,31-35H2,1-4H3,(H2,54,55,56). The van der Waals surface area contributed by atoms with E-state index in [1.165, 1.54) is 6.42 Å². The quantitative estimate of drug-likeness (QED) is 0.0436. The zero-order valence-corrected chi connectivity index (χ0v) is 41.3. The van der Waals surface area contributed by atoms with E-state index in [4.69, 9.17) is 14.2 Å². The van der Waals surface area contributed by atoms with Gasteiger partial charge in [-0.1, -0.05) is 98.4 Å². The van der Waals surface area contributed by atoms with Crippen LogP contribution in [0.1, 0.15) is 146 Å². The summed E-state index contributed by atoms with van der Waals surface area (Å²) in [7, 11) is 8.77. The smallest absolute Gasteiger partial charge is 0.196 e. The topological polar surface area (TPSA) is 154 Å². The van der Waals surface area contributed by atoms with Gasteiger partial charge in [0.2, 0.25) is 0 Å². The zero-order chi connectivity index (χ0) is 45.9. The highest BCUT2D eigenvalue weighted by molar-refractivity contribution is 8.76. The third-order valence-electron chi connectivity index (χ3n) is 15.7. The Kier molecular flexibility index (Phi) is 17.8. The Hall–Kier alpha value is -3.10. The molecule has 1 spiro atoms. The molecule has 6 N–H and O–H groups in total. The molecule has 0 saturated heterocycles. The maximum absolute atomic E-state index is 15.2. The molecule has 0 radical (unpaired) electrons. The van der Waals surface area contributed by atoms with Crippen LogP contribution in [-0.4, -0.2) is 84.4 Å². The number of rotatable bonds is 15. The van der Waals surface area contributed by atoms with E-state index >= 15 is 4.79 Å². The third-order valence-corrected chi connectivity index (χ3v) is 18.0. The van der Waals surface area contributed by atoms with Gasteiger partial charge in [0.1, 0.15) is 5.60 Å². The molecule has 360 valence electrons. The first-order valence-electron chi connectivity index (χ1n) is 24.9. The number of fused-ring (bicyclic) bond motifs is 4. The number of guanidine groups is 1. The Morgan fingerprint density at radius 3 is 2.52 bits per heavy atom. The number of aromatic hydroxyl groups is 2. The van der Waals surface area contributed by atoms with Crippen LogP contribution in [0.4, 0.5) is 5.69 Å². The molecule has 13 heteroatoms. The predicted octanol–water partition coefficient (Wildman–Crippen LogP) is 10.8. The number of likely N-dealkylation sites (N-methyl/N-ethyl adjacent to an activating group) is 1. The van der Waals surface area contributed by atoms with Gasteiger partial charge in [0.05, 0.1) is 24.8 Å². The van der Waals surface area contributed by atoms with E-state index in [0.717, 1.165) is 132 Å². The van der Waals surface area contributed by atoms with Crippen LogP contribution in [0.2, 0.25) is 0 Å². The second-order valence-corrected chi connectivity index (χ2v) is 22.4. The molecule has 0 aromatic heterocycles. The molecule has 4 aliphatic carbocycles. The molecular formula is C52H78N4O7S2. The minimum Gasteiger partial charge on any atom is -0.504 e. The lowest BCUT2D eigenvalue weighted by Gasteiger charge is -2.39. The number of hydrogen-bond donors (Lipinski definition) is 6. The van der Waals surface area contributed by atoms with Crippen molar-refractivity contribution in [3.8, 4) is 23.0 Å². The average molecular weight is 935 g/mol. The molecular weight excluding hydrogens is 857 g/mol. The highest BCUT2D eigenvalue weighted by Gasteiger charge is 2.49. The van der Waals surface area contributed by atoms with Gasteiger partial charge in [0, 0.05) is 36.6 Å². The molecule has 7 rings (SSSR count). The van der Waals surface area contributed by atoms with Crippen molar-refractivity contribution in [2.45, 2.75) is 165 Å². The molecule has 2 bridgehead atoms. The van der Waals surface area contributed by atoms with Crippen molar-refractivity contribution in [2.75, 3.05) is 44.7 Å². The first-order chi connectivity index (χ1) is 31.6. The Balaban J connectivity index is 1.26. The molecule has 6 unspecified atom stereocenters. The Morgan fingerprint density at radius 1 is 0.954 bits per heavy atom. The van der Waals surface area contributed by atoms with E-state index in [9.17, 15) is 15.3 Å². The number of aliphatic hydroxyl groups excluding tert-OH is 1. The van der Waals surface area contributed by atoms with Gasteiger partial charge in [-0.3, -0.25) is 9.79 Å². The van der Waals surface area contributed by atoms with Crippen LogP contribution in [0.5, 0.6) is 23.0 Å². The van der Waals surface area contributed by atoms with E-state index in [2.05, 4.69) is 46.1 Å². The molecule has 4 fully saturated rings. The lowest BCUT2D eigenvalue weighted by atomic mass is 9.66. The van der Waals surface area contributed by atoms with Crippen molar-refractivity contribution in [3.05, 3.63) is 53.6 Å². The largest absolute Gasteiger partial charge is 0.504 e. The number of nitrogens with zero attached hydrogens (tertiary/aromatic N) is 1. The number of aliphatic hydroxyl groups is 1. The van der Waals surface area contributed by atoms with Crippen LogP contribution in [-0.2, 0) is 21.4 Å². The number of anilines is 1. The maximum Gasteiger partial charge on any atom is 0.196 e. The second-order valence-electron chi connectivity index (χ2n) is 19.9. The van der Waals surface area contributed by atoms with Crippen molar-refractivity contribution >= 4 is 39.0 Å². The maximum atomic E-state index is 15.2. The van der Waals surface area contributed by atoms with Gasteiger partial charge in [-0.15, -0.1) is 0 Å². The van der Waals surface area contributed by atoms with Crippen molar-refractivity contribution in [1.29, 1.82) is 0 Å². The summed E-state index contributed by atoms with van der Waals surface area (Å²) in [4.78, 5) is 19.8. The number of benzene rings is 2. The Labute approximate surface area is 396 Å². The number of phenolic OH excluding ortho intramolecular Hbond substituents is 2. The second kappa shape index (κ2) is 23.3. The number of unbranched alkanes of at least 4 members (excludes halogenated alkanes) is 2. The lowest BCUT2D eigenvalue weighted by Crippen LogP contribution is -2.43. The third kappa shape index (κ3) is 12.0. The lowest BCUT2D eigenvalue weighted by molar-refractivity contribution is -0.152. The molecule has 2 aromatic rings. The summed E-state index contributed by atoms with van der Waals surface area (Å²) in [6.45, 7) is 2.84. The number of aliphatic imine (C=N–C) groups is 1. The molecule has 1 heterocycles. The number of allylic oxidation sites excluding steroid dienone is 2. The zero-order valence-electron chi connectivity index (χ0n) is 39.6. The van der Waals surface area contributed by atoms with Gasteiger partial charge < -0.3 is 45.5 Å². The van der Waals surface area contributed by atoms with Crippen LogP contribution in [0.3, 0.4) is 0 Å². The van der Waals surface area contributed by atoms with Crippen molar-refractivity contribution in [1.82, 2.24) is 10.6 Å². The molecule has 1 aliphatic heterocycles. The van der Waals surface area contributed by atoms with Gasteiger partial charge in [-0.25, -0.2) is 0 Å². The number of nitrogens with one attached hydrogen (secondary N) is 3. The SMILES string of the molecule is CCCCCC1C=CC(=O)C2(Cc3ccc(O)c(OC)c3)CCCC2CSSCNC(=NC)Nc2cc(cc(OC3(CNC)CCC(CC(O)OC4CCCCC4)C3)c2O)C12CCCC2. The molecule has 5 aliphatic rings. The van der Waals surface area contributed by atoms with Crippen LogP contribution >= 0.6 is 21.6 Å². The highest BCUT2D eigenvalue weighted by atomic mass is 33.1. The van der Waals surface area contributed by atoms with Crippen LogP contribution < -0.4 is 25.4 Å². The number of methoxy groups -OCH3 is 1. The highest BCUT2D eigenvalue weighted by Crippen LogP contribution is 2.54. The van der Waals surface area contributed by atoms with Crippen molar-refractivity contribution in [3.63, 3.8) is 0 Å². The fourth-order valence-electron chi connectivity index (χ4n) is 12.3. The average Bonchev–Trinajstić information content (AvgIpc) is 4.06. The normalized spacial score (nSPS) is 28.7. The summed E-state index contributed by atoms with van der Waals surface area (Å²) in [6.07, 6.45) is 23.9. The fraction of sp³-hybridized carbons (Fsp3) is 0.692. The number of phenols is 2. The molecule has 11 nitrogen and oxygen atoms in total. The van der Waals surface area contributed by atoms with Crippen molar-refractivity contribution < 1.29 is 34.3 Å². The van der Waals surface area contributed by atoms with Gasteiger partial charge in [0.25, 0.3) is 0 Å².